The van der Waals surface area contributed by atoms with E-state index in [1.807, 2.05) is 14.1 Å². The average Bonchev–Trinajstić information content (AvgIpc) is 2.07. The molecule has 0 aromatic rings. The summed E-state index contributed by atoms with van der Waals surface area (Å²) in [5.74, 6) is 0. The van der Waals surface area contributed by atoms with Gasteiger partial charge in [0.25, 0.3) is 0 Å². The van der Waals surface area contributed by atoms with Crippen LogP contribution >= 0.6 is 0 Å². The van der Waals surface area contributed by atoms with Gasteiger partial charge in [-0.25, -0.2) is 0 Å². The molecule has 1 rings (SSSR count). The first-order chi connectivity index (χ1) is 5.66. The summed E-state index contributed by atoms with van der Waals surface area (Å²) >= 11 is -0.619. The number of halogens is 1. The third-order valence-corrected chi connectivity index (χ3v) is 2.35. The van der Waals surface area contributed by atoms with Crippen LogP contribution in [-0.4, -0.2) is 58.8 Å². The van der Waals surface area contributed by atoms with E-state index in [-0.39, 0.29) is 0 Å². The molecule has 12 heavy (non-hydrogen) atoms. The molecule has 1 heterocycles. The summed E-state index contributed by atoms with van der Waals surface area (Å²) < 4.78 is 9.97. The second-order valence-corrected chi connectivity index (χ2v) is 5.28. The Labute approximate surface area is 86.1 Å². The molecule has 0 aliphatic carbocycles. The van der Waals surface area contributed by atoms with Gasteiger partial charge in [-0.2, -0.15) is 0 Å². The normalized spacial score (nSPS) is 19.1. The summed E-state index contributed by atoms with van der Waals surface area (Å²) in [5.41, 5.74) is 0. The minimum atomic E-state index is -0.619. The zero-order valence-electron chi connectivity index (χ0n) is 8.05. The van der Waals surface area contributed by atoms with Crippen LogP contribution in [0.4, 0.5) is 0 Å². The summed E-state index contributed by atoms with van der Waals surface area (Å²) in [5, 5.41) is 3.27. The minimum Gasteiger partial charge on any atom is -0.314 e. The van der Waals surface area contributed by atoms with E-state index in [1.54, 1.807) is 3.11 Å². The minimum absolute atomic E-state index is 0.619. The Bertz CT molecular complexity index is 96.7. The maximum absolute atomic E-state index is 8.18. The van der Waals surface area contributed by atoms with Gasteiger partial charge in [0.15, 0.2) is 0 Å². The van der Waals surface area contributed by atoms with E-state index < -0.39 is 21.9 Å². The Hall–Kier alpha value is 0.570. The predicted molar refractivity (Wildman–Crippen MR) is 46.3 cm³/mol. The van der Waals surface area contributed by atoms with Crippen LogP contribution in [0.5, 0.6) is 0 Å². The number of hydrogen-bond acceptors (Lipinski definition) is 4. The molecule has 2 N–H and O–H groups in total. The molecule has 0 amide bonds. The van der Waals surface area contributed by atoms with E-state index >= 15 is 0 Å². The van der Waals surface area contributed by atoms with Crippen molar-refractivity contribution in [2.75, 3.05) is 47.3 Å². The van der Waals surface area contributed by atoms with Crippen molar-refractivity contribution in [1.82, 2.24) is 13.3 Å². The molecule has 0 bridgehead atoms. The summed E-state index contributed by atoms with van der Waals surface area (Å²) in [7, 11) is 5.86. The molecule has 5 heteroatoms. The van der Waals surface area contributed by atoms with Gasteiger partial charge in [0.2, 0.25) is 0 Å². The fourth-order valence-corrected chi connectivity index (χ4v) is 0.777. The molecule has 0 radical (unpaired) electrons. The Balaban J connectivity index is 0.000000217. The first-order valence-electron chi connectivity index (χ1n) is 4.02. The third kappa shape index (κ3) is 8.66. The summed E-state index contributed by atoms with van der Waals surface area (Å²) in [4.78, 5) is 2.33. The largest absolute Gasteiger partial charge is 0.314 e. The summed E-state index contributed by atoms with van der Waals surface area (Å²) in [6.07, 6.45) is 0. The predicted octanol–water partition coefficient (Wildman–Crippen LogP) is -4.02. The number of nitrogens with one attached hydrogen (secondary N) is 1. The van der Waals surface area contributed by atoms with Crippen molar-refractivity contribution in [2.45, 2.75) is 0 Å². The van der Waals surface area contributed by atoms with Crippen LogP contribution in [0.3, 0.4) is 0 Å². The first kappa shape index (κ1) is 12.6. The van der Waals surface area contributed by atoms with Crippen molar-refractivity contribution in [3.8, 4) is 0 Å². The number of likely N-dealkylation sites (N-methyl/N-ethyl adjacent to an activating group) is 1. The van der Waals surface area contributed by atoms with Crippen LogP contribution in [-0.2, 0) is 0 Å². The number of rotatable bonds is 1. The fourth-order valence-electron chi connectivity index (χ4n) is 0.777. The third-order valence-electron chi connectivity index (χ3n) is 1.49. The number of piperazine rings is 1. The number of nitrogens with zero attached hydrogens (tertiary/aromatic N) is 2. The second kappa shape index (κ2) is 8.18. The van der Waals surface area contributed by atoms with Gasteiger partial charge >= 0.3 is 42.5 Å². The van der Waals surface area contributed by atoms with Crippen LogP contribution < -0.4 is 27.2 Å². The van der Waals surface area contributed by atoms with Crippen molar-refractivity contribution in [1.29, 1.82) is 0 Å². The van der Waals surface area contributed by atoms with Gasteiger partial charge in [0.1, 0.15) is 0 Å². The molecular weight excluding hydrogens is 269 g/mol. The van der Waals surface area contributed by atoms with Gasteiger partial charge < -0.3 is 10.2 Å². The summed E-state index contributed by atoms with van der Waals surface area (Å²) in [6.45, 7) is 4.74. The fraction of sp³-hybridized carbons (Fsp3) is 1.00. The zero-order valence-corrected chi connectivity index (χ0v) is 10.2. The standard InChI is InChI=1S/C5H12N2.C2H7INO/c1-7-4-2-6-3-5-7;1-4(2)3-5/h6H,2-5H2,1H3;5H,1-2H3/q;-1. The Morgan fingerprint density at radius 2 is 1.75 bits per heavy atom. The molecule has 1 saturated heterocycles. The molecule has 76 valence electrons. The van der Waals surface area contributed by atoms with Gasteiger partial charge in [-0.05, 0) is 7.05 Å². The average molecular weight is 288 g/mol. The molecule has 0 atom stereocenters. The van der Waals surface area contributed by atoms with E-state index in [1.165, 1.54) is 13.1 Å². The Kier molecular flexibility index (Phi) is 8.57. The van der Waals surface area contributed by atoms with E-state index in [9.17, 15) is 0 Å². The molecule has 0 aromatic heterocycles. The molecule has 0 saturated carbocycles. The van der Waals surface area contributed by atoms with Crippen molar-refractivity contribution < 1.29 is 25.3 Å². The van der Waals surface area contributed by atoms with E-state index in [4.69, 9.17) is 3.44 Å². The van der Waals surface area contributed by atoms with Crippen LogP contribution in [0.2, 0.25) is 0 Å². The first-order valence-corrected chi connectivity index (χ1v) is 5.95. The molecule has 0 spiro atoms. The SMILES string of the molecule is CN(C)[I-]O.CN1CCNCC1. The van der Waals surface area contributed by atoms with Gasteiger partial charge in [-0.3, -0.25) is 0 Å². The maximum Gasteiger partial charge on any atom is 0.0104 e. The van der Waals surface area contributed by atoms with E-state index in [0.29, 0.717) is 0 Å². The smallest absolute Gasteiger partial charge is 0.0104 e. The Morgan fingerprint density at radius 1 is 1.33 bits per heavy atom. The second-order valence-electron chi connectivity index (χ2n) is 2.91. The number of hydrogen-bond donors (Lipinski definition) is 2. The topological polar surface area (TPSA) is 38.7 Å². The van der Waals surface area contributed by atoms with Gasteiger partial charge in [-0.15, -0.1) is 0 Å². The van der Waals surface area contributed by atoms with Gasteiger partial charge in [0.05, 0.1) is 0 Å². The van der Waals surface area contributed by atoms with Crippen LogP contribution in [0.1, 0.15) is 0 Å². The van der Waals surface area contributed by atoms with Gasteiger partial charge in [-0.1, -0.05) is 0 Å². The zero-order chi connectivity index (χ0) is 9.40. The van der Waals surface area contributed by atoms with Crippen molar-refractivity contribution >= 4 is 0 Å². The monoisotopic (exact) mass is 288 g/mol. The molecular formula is C7H19IN3O-. The Morgan fingerprint density at radius 3 is 1.92 bits per heavy atom. The molecule has 1 aliphatic rings. The molecule has 0 aromatic carbocycles. The van der Waals surface area contributed by atoms with Crippen molar-refractivity contribution in [2.24, 2.45) is 0 Å². The van der Waals surface area contributed by atoms with E-state index in [2.05, 4.69) is 17.3 Å². The van der Waals surface area contributed by atoms with Crippen LogP contribution in [0.25, 0.3) is 0 Å². The molecule has 0 unspecified atom stereocenters. The van der Waals surface area contributed by atoms with Crippen molar-refractivity contribution in [3.05, 3.63) is 0 Å². The van der Waals surface area contributed by atoms with Gasteiger partial charge in [0, 0.05) is 26.2 Å². The molecule has 4 nitrogen and oxygen atoms in total. The quantitative estimate of drug-likeness (QED) is 0.381. The maximum atomic E-state index is 8.18. The van der Waals surface area contributed by atoms with Crippen LogP contribution in [0, 0.1) is 0 Å². The summed E-state index contributed by atoms with van der Waals surface area (Å²) in [6, 6.07) is 0. The van der Waals surface area contributed by atoms with Crippen molar-refractivity contribution in [3.63, 3.8) is 0 Å². The van der Waals surface area contributed by atoms with E-state index in [0.717, 1.165) is 13.1 Å². The molecule has 1 aliphatic heterocycles. The molecule has 1 fully saturated rings. The van der Waals surface area contributed by atoms with Crippen LogP contribution in [0.15, 0.2) is 0 Å².